The number of primary sulfonamides is 1. The molecule has 0 aliphatic heterocycles. The van der Waals surface area contributed by atoms with E-state index in [0.29, 0.717) is 23.2 Å². The largest absolute Gasteiger partial charge is 0.337 e. The van der Waals surface area contributed by atoms with Crippen molar-refractivity contribution in [1.29, 1.82) is 0 Å². The molecular weight excluding hydrogens is 314 g/mol. The van der Waals surface area contributed by atoms with Crippen molar-refractivity contribution >= 4 is 15.9 Å². The topological polar surface area (TPSA) is 93.4 Å². The monoisotopic (exact) mass is 333 g/mol. The van der Waals surface area contributed by atoms with Crippen LogP contribution in [0.25, 0.3) is 0 Å². The molecule has 0 fully saturated rings. The third-order valence-electron chi connectivity index (χ3n) is 3.66. The molecule has 0 aliphatic carbocycles. The minimum atomic E-state index is -3.88. The number of aromatic nitrogens is 1. The van der Waals surface area contributed by atoms with Gasteiger partial charge in [-0.15, -0.1) is 0 Å². The number of sulfonamides is 1. The molecule has 1 amide bonds. The zero-order valence-electron chi connectivity index (χ0n) is 13.3. The van der Waals surface area contributed by atoms with Gasteiger partial charge >= 0.3 is 0 Å². The Kier molecular flexibility index (Phi) is 4.82. The second-order valence-corrected chi connectivity index (χ2v) is 7.01. The summed E-state index contributed by atoms with van der Waals surface area (Å²) in [6.07, 6.45) is 3.34. The van der Waals surface area contributed by atoms with E-state index in [1.807, 2.05) is 6.07 Å². The van der Waals surface area contributed by atoms with Crippen molar-refractivity contribution in [2.24, 2.45) is 5.14 Å². The summed E-state index contributed by atoms with van der Waals surface area (Å²) in [4.78, 5) is 18.1. The minimum absolute atomic E-state index is 0.0179. The quantitative estimate of drug-likeness (QED) is 0.920. The first-order chi connectivity index (χ1) is 10.7. The van der Waals surface area contributed by atoms with Crippen molar-refractivity contribution in [3.63, 3.8) is 0 Å². The normalized spacial score (nSPS) is 11.3. The molecule has 0 radical (unpaired) electrons. The number of aryl methyl sites for hydroxylation is 1. The molecule has 0 saturated carbocycles. The highest BCUT2D eigenvalue weighted by Crippen LogP contribution is 2.21. The molecule has 122 valence electrons. The summed E-state index contributed by atoms with van der Waals surface area (Å²) >= 11 is 0. The van der Waals surface area contributed by atoms with Gasteiger partial charge in [-0.05, 0) is 48.7 Å². The van der Waals surface area contributed by atoms with Crippen molar-refractivity contribution in [3.05, 3.63) is 58.9 Å². The Hall–Kier alpha value is -2.25. The Balaban J connectivity index is 2.34. The standard InChI is InChI=1S/C16H19N3O3S/c1-11-7-14(8-15(12(11)2)23(17,21)22)16(20)19(3)10-13-5-4-6-18-9-13/h4-9H,10H2,1-3H3,(H2,17,21,22). The zero-order chi connectivity index (χ0) is 17.2. The molecule has 0 atom stereocenters. The summed E-state index contributed by atoms with van der Waals surface area (Å²) in [5.41, 5.74) is 2.44. The van der Waals surface area contributed by atoms with Crippen molar-refractivity contribution in [3.8, 4) is 0 Å². The van der Waals surface area contributed by atoms with Gasteiger partial charge in [-0.25, -0.2) is 13.6 Å². The van der Waals surface area contributed by atoms with Gasteiger partial charge in [0, 0.05) is 31.5 Å². The van der Waals surface area contributed by atoms with Crippen LogP contribution in [0.3, 0.4) is 0 Å². The first kappa shape index (κ1) is 17.1. The minimum Gasteiger partial charge on any atom is -0.337 e. The van der Waals surface area contributed by atoms with Crippen LogP contribution in [0.15, 0.2) is 41.6 Å². The fourth-order valence-corrected chi connectivity index (χ4v) is 3.18. The van der Waals surface area contributed by atoms with Crippen LogP contribution < -0.4 is 5.14 Å². The van der Waals surface area contributed by atoms with E-state index in [9.17, 15) is 13.2 Å². The molecule has 1 aromatic heterocycles. The van der Waals surface area contributed by atoms with Crippen LogP contribution in [0, 0.1) is 13.8 Å². The number of nitrogens with two attached hydrogens (primary N) is 1. The third kappa shape index (κ3) is 3.94. The van der Waals surface area contributed by atoms with Gasteiger partial charge < -0.3 is 4.90 Å². The number of nitrogens with zero attached hydrogens (tertiary/aromatic N) is 2. The number of rotatable bonds is 4. The molecule has 0 spiro atoms. The van der Waals surface area contributed by atoms with E-state index in [1.165, 1.54) is 11.0 Å². The Morgan fingerprint density at radius 1 is 1.30 bits per heavy atom. The van der Waals surface area contributed by atoms with Crippen LogP contribution in [0.2, 0.25) is 0 Å². The smallest absolute Gasteiger partial charge is 0.253 e. The van der Waals surface area contributed by atoms with E-state index in [1.54, 1.807) is 45.4 Å². The van der Waals surface area contributed by atoms with E-state index in [4.69, 9.17) is 5.14 Å². The van der Waals surface area contributed by atoms with Gasteiger partial charge in [0.25, 0.3) is 5.91 Å². The molecule has 0 unspecified atom stereocenters. The van der Waals surface area contributed by atoms with Gasteiger partial charge in [-0.1, -0.05) is 6.07 Å². The maximum atomic E-state index is 12.6. The van der Waals surface area contributed by atoms with Crippen molar-refractivity contribution in [2.45, 2.75) is 25.3 Å². The predicted molar refractivity (Wildman–Crippen MR) is 87.3 cm³/mol. The maximum Gasteiger partial charge on any atom is 0.253 e. The molecule has 1 heterocycles. The van der Waals surface area contributed by atoms with Crippen LogP contribution >= 0.6 is 0 Å². The van der Waals surface area contributed by atoms with E-state index in [0.717, 1.165) is 5.56 Å². The van der Waals surface area contributed by atoms with Gasteiger partial charge in [-0.3, -0.25) is 9.78 Å². The molecule has 0 bridgehead atoms. The summed E-state index contributed by atoms with van der Waals surface area (Å²) in [7, 11) is -2.22. The Morgan fingerprint density at radius 2 is 2.00 bits per heavy atom. The van der Waals surface area contributed by atoms with Gasteiger partial charge in [0.15, 0.2) is 0 Å². The molecular formula is C16H19N3O3S. The zero-order valence-corrected chi connectivity index (χ0v) is 14.1. The highest BCUT2D eigenvalue weighted by Gasteiger charge is 2.19. The Morgan fingerprint density at radius 3 is 2.57 bits per heavy atom. The Bertz CT molecular complexity index is 833. The van der Waals surface area contributed by atoms with Crippen LogP contribution in [0.4, 0.5) is 0 Å². The molecule has 23 heavy (non-hydrogen) atoms. The third-order valence-corrected chi connectivity index (χ3v) is 4.70. The lowest BCUT2D eigenvalue weighted by atomic mass is 10.1. The van der Waals surface area contributed by atoms with Gasteiger partial charge in [-0.2, -0.15) is 0 Å². The second-order valence-electron chi connectivity index (χ2n) is 5.48. The van der Waals surface area contributed by atoms with Crippen LogP contribution in [-0.4, -0.2) is 31.3 Å². The summed E-state index contributed by atoms with van der Waals surface area (Å²) < 4.78 is 23.4. The average Bonchev–Trinajstić information content (AvgIpc) is 2.49. The Labute approximate surface area is 136 Å². The number of benzene rings is 1. The van der Waals surface area contributed by atoms with E-state index < -0.39 is 10.0 Å². The molecule has 2 rings (SSSR count). The number of hydrogen-bond donors (Lipinski definition) is 1. The summed E-state index contributed by atoms with van der Waals surface area (Å²) in [5, 5.41) is 5.23. The highest BCUT2D eigenvalue weighted by molar-refractivity contribution is 7.89. The van der Waals surface area contributed by atoms with E-state index in [2.05, 4.69) is 4.98 Å². The maximum absolute atomic E-state index is 12.6. The number of pyridine rings is 1. The first-order valence-corrected chi connectivity index (χ1v) is 8.53. The SMILES string of the molecule is Cc1cc(C(=O)N(C)Cc2cccnc2)cc(S(N)(=O)=O)c1C. The van der Waals surface area contributed by atoms with Gasteiger partial charge in [0.05, 0.1) is 4.90 Å². The van der Waals surface area contributed by atoms with Crippen molar-refractivity contribution in [2.75, 3.05) is 7.05 Å². The van der Waals surface area contributed by atoms with Crippen LogP contribution in [0.1, 0.15) is 27.0 Å². The summed E-state index contributed by atoms with van der Waals surface area (Å²) in [5.74, 6) is -0.276. The molecule has 2 N–H and O–H groups in total. The lowest BCUT2D eigenvalue weighted by Gasteiger charge is -2.18. The highest BCUT2D eigenvalue weighted by atomic mass is 32.2. The summed E-state index contributed by atoms with van der Waals surface area (Å²) in [6, 6.07) is 6.67. The van der Waals surface area contributed by atoms with E-state index >= 15 is 0 Å². The van der Waals surface area contributed by atoms with Gasteiger partial charge in [0.2, 0.25) is 10.0 Å². The number of hydrogen-bond acceptors (Lipinski definition) is 4. The van der Waals surface area contributed by atoms with E-state index in [-0.39, 0.29) is 10.8 Å². The molecule has 1 aromatic carbocycles. The fourth-order valence-electron chi connectivity index (χ4n) is 2.30. The number of amides is 1. The van der Waals surface area contributed by atoms with Crippen LogP contribution in [0.5, 0.6) is 0 Å². The predicted octanol–water partition coefficient (Wildman–Crippen LogP) is 1.62. The second kappa shape index (κ2) is 6.47. The molecule has 0 aliphatic rings. The number of carbonyl (C=O) groups excluding carboxylic acids is 1. The molecule has 0 saturated heterocycles. The molecule has 7 heteroatoms. The van der Waals surface area contributed by atoms with Gasteiger partial charge in [0.1, 0.15) is 0 Å². The van der Waals surface area contributed by atoms with Crippen LogP contribution in [-0.2, 0) is 16.6 Å². The fraction of sp³-hybridized carbons (Fsp3) is 0.250. The van der Waals surface area contributed by atoms with Crippen molar-refractivity contribution < 1.29 is 13.2 Å². The summed E-state index contributed by atoms with van der Waals surface area (Å²) in [6.45, 7) is 3.80. The lowest BCUT2D eigenvalue weighted by molar-refractivity contribution is 0.0784. The van der Waals surface area contributed by atoms with Crippen molar-refractivity contribution in [1.82, 2.24) is 9.88 Å². The average molecular weight is 333 g/mol. The first-order valence-electron chi connectivity index (χ1n) is 6.98. The number of carbonyl (C=O) groups is 1. The lowest BCUT2D eigenvalue weighted by Crippen LogP contribution is -2.27. The molecule has 2 aromatic rings. The molecule has 6 nitrogen and oxygen atoms in total.